The van der Waals surface area contributed by atoms with E-state index in [4.69, 9.17) is 5.11 Å². The molecule has 78 valence electrons. The lowest BCUT2D eigenvalue weighted by Gasteiger charge is -2.15. The maximum Gasteiger partial charge on any atom is 0.416 e. The third-order valence-electron chi connectivity index (χ3n) is 1.78. The smallest absolute Gasteiger partial charge is 0.389 e. The molecule has 1 rings (SSSR count). The van der Waals surface area contributed by atoms with Crippen LogP contribution < -0.4 is 0 Å². The zero-order valence-corrected chi connectivity index (χ0v) is 7.27. The summed E-state index contributed by atoms with van der Waals surface area (Å²) in [7, 11) is 0. The van der Waals surface area contributed by atoms with E-state index in [0.29, 0.717) is 0 Å². The van der Waals surface area contributed by atoms with E-state index < -0.39 is 29.2 Å². The minimum absolute atomic E-state index is 0.708. The van der Waals surface area contributed by atoms with Gasteiger partial charge >= 0.3 is 6.18 Å². The number of aliphatic hydroxyl groups is 1. The van der Waals surface area contributed by atoms with Gasteiger partial charge in [0.2, 0.25) is 0 Å². The highest BCUT2D eigenvalue weighted by atomic mass is 19.4. The molecule has 0 amide bonds. The molecular weight excluding hydrogens is 200 g/mol. The van der Waals surface area contributed by atoms with Gasteiger partial charge in [0.1, 0.15) is 5.82 Å². The van der Waals surface area contributed by atoms with Crippen molar-refractivity contribution >= 4 is 0 Å². The molecule has 0 fully saturated rings. The van der Waals surface area contributed by atoms with Crippen LogP contribution in [0.2, 0.25) is 0 Å². The average Bonchev–Trinajstić information content (AvgIpc) is 2.01. The van der Waals surface area contributed by atoms with E-state index in [-0.39, 0.29) is 0 Å². The van der Waals surface area contributed by atoms with Gasteiger partial charge < -0.3 is 5.11 Å². The molecular formula is C9H8F4O. The Morgan fingerprint density at radius 2 is 1.86 bits per heavy atom. The number of hydrogen-bond acceptors (Lipinski definition) is 1. The normalized spacial score (nSPS) is 14.1. The first-order chi connectivity index (χ1) is 6.34. The highest BCUT2D eigenvalue weighted by Gasteiger charge is 2.35. The van der Waals surface area contributed by atoms with Crippen LogP contribution in [0.15, 0.2) is 18.2 Å². The minimum atomic E-state index is -4.64. The second-order valence-corrected chi connectivity index (χ2v) is 2.87. The molecule has 1 N–H and O–H groups in total. The van der Waals surface area contributed by atoms with Crippen LogP contribution in [-0.4, -0.2) is 5.11 Å². The Labute approximate surface area is 78.0 Å². The van der Waals surface area contributed by atoms with Gasteiger partial charge in [-0.1, -0.05) is 6.07 Å². The molecule has 1 atom stereocenters. The molecule has 0 heterocycles. The van der Waals surface area contributed by atoms with E-state index in [2.05, 4.69) is 0 Å². The standard InChI is InChI=1S/C9H8F4O/c1-5(14)8-6(9(11,12)13)3-2-4-7(8)10/h2-5,14H,1H3. The first kappa shape index (κ1) is 11.0. The predicted octanol–water partition coefficient (Wildman–Crippen LogP) is 2.90. The van der Waals surface area contributed by atoms with Crippen molar-refractivity contribution in [3.05, 3.63) is 35.1 Å². The van der Waals surface area contributed by atoms with Crippen molar-refractivity contribution < 1.29 is 22.7 Å². The number of rotatable bonds is 1. The Morgan fingerprint density at radius 3 is 2.21 bits per heavy atom. The molecule has 1 aromatic carbocycles. The Morgan fingerprint density at radius 1 is 1.29 bits per heavy atom. The second-order valence-electron chi connectivity index (χ2n) is 2.87. The summed E-state index contributed by atoms with van der Waals surface area (Å²) in [6.07, 6.45) is -6.12. The van der Waals surface area contributed by atoms with E-state index in [1.54, 1.807) is 0 Å². The van der Waals surface area contributed by atoms with Crippen LogP contribution in [0.1, 0.15) is 24.2 Å². The van der Waals surface area contributed by atoms with Gasteiger partial charge in [0, 0.05) is 5.56 Å². The number of halogens is 4. The summed E-state index contributed by atoms with van der Waals surface area (Å²) in [6, 6.07) is 2.59. The summed E-state index contributed by atoms with van der Waals surface area (Å²) < 4.78 is 49.9. The van der Waals surface area contributed by atoms with E-state index in [0.717, 1.165) is 25.1 Å². The van der Waals surface area contributed by atoms with Crippen molar-refractivity contribution in [3.8, 4) is 0 Å². The van der Waals surface area contributed by atoms with Crippen molar-refractivity contribution in [1.29, 1.82) is 0 Å². The molecule has 5 heteroatoms. The average molecular weight is 208 g/mol. The van der Waals surface area contributed by atoms with Gasteiger partial charge in [-0.05, 0) is 19.1 Å². The highest BCUT2D eigenvalue weighted by Crippen LogP contribution is 2.35. The molecule has 0 aliphatic carbocycles. The van der Waals surface area contributed by atoms with Crippen LogP contribution in [-0.2, 0) is 6.18 Å². The van der Waals surface area contributed by atoms with Crippen molar-refractivity contribution in [2.45, 2.75) is 19.2 Å². The summed E-state index contributed by atoms with van der Waals surface area (Å²) >= 11 is 0. The lowest BCUT2D eigenvalue weighted by molar-refractivity contribution is -0.139. The molecule has 0 bridgehead atoms. The lowest BCUT2D eigenvalue weighted by Crippen LogP contribution is -2.12. The lowest BCUT2D eigenvalue weighted by atomic mass is 10.0. The first-order valence-electron chi connectivity index (χ1n) is 3.87. The van der Waals surface area contributed by atoms with Gasteiger partial charge in [-0.2, -0.15) is 13.2 Å². The quantitative estimate of drug-likeness (QED) is 0.703. The van der Waals surface area contributed by atoms with Gasteiger partial charge in [-0.3, -0.25) is 0 Å². The molecule has 1 aromatic rings. The number of aliphatic hydroxyl groups excluding tert-OH is 1. The number of benzene rings is 1. The monoisotopic (exact) mass is 208 g/mol. The summed E-state index contributed by atoms with van der Waals surface area (Å²) in [5.41, 5.74) is -1.84. The molecule has 0 aromatic heterocycles. The molecule has 0 aliphatic rings. The number of alkyl halides is 3. The van der Waals surface area contributed by atoms with Crippen LogP contribution in [0.3, 0.4) is 0 Å². The van der Waals surface area contributed by atoms with Crippen LogP contribution in [0.25, 0.3) is 0 Å². The van der Waals surface area contributed by atoms with Gasteiger partial charge in [-0.25, -0.2) is 4.39 Å². The topological polar surface area (TPSA) is 20.2 Å². The zero-order chi connectivity index (χ0) is 10.9. The molecule has 1 unspecified atom stereocenters. The molecule has 0 aliphatic heterocycles. The van der Waals surface area contributed by atoms with Gasteiger partial charge in [0.25, 0.3) is 0 Å². The summed E-state index contributed by atoms with van der Waals surface area (Å²) in [5, 5.41) is 9.01. The van der Waals surface area contributed by atoms with E-state index in [9.17, 15) is 17.6 Å². The van der Waals surface area contributed by atoms with Crippen molar-refractivity contribution in [2.75, 3.05) is 0 Å². The molecule has 1 nitrogen and oxygen atoms in total. The number of hydrogen-bond donors (Lipinski definition) is 1. The maximum absolute atomic E-state index is 13.0. The first-order valence-corrected chi connectivity index (χ1v) is 3.87. The summed E-state index contributed by atoms with van der Waals surface area (Å²) in [5.74, 6) is -1.05. The van der Waals surface area contributed by atoms with Crippen LogP contribution in [0, 0.1) is 5.82 Å². The molecule has 0 spiro atoms. The van der Waals surface area contributed by atoms with E-state index in [1.807, 2.05) is 0 Å². The fraction of sp³-hybridized carbons (Fsp3) is 0.333. The Kier molecular flexibility index (Phi) is 2.80. The van der Waals surface area contributed by atoms with Gasteiger partial charge in [0.05, 0.1) is 11.7 Å². The Hall–Kier alpha value is -1.10. The van der Waals surface area contributed by atoms with Gasteiger partial charge in [0.15, 0.2) is 0 Å². The van der Waals surface area contributed by atoms with Crippen molar-refractivity contribution in [1.82, 2.24) is 0 Å². The predicted molar refractivity (Wildman–Crippen MR) is 42.0 cm³/mol. The molecule has 14 heavy (non-hydrogen) atoms. The zero-order valence-electron chi connectivity index (χ0n) is 7.27. The van der Waals surface area contributed by atoms with E-state index in [1.165, 1.54) is 0 Å². The second kappa shape index (κ2) is 3.57. The maximum atomic E-state index is 13.0. The third-order valence-corrected chi connectivity index (χ3v) is 1.78. The Bertz CT molecular complexity index is 330. The third kappa shape index (κ3) is 2.04. The fourth-order valence-electron chi connectivity index (χ4n) is 1.21. The minimum Gasteiger partial charge on any atom is -0.389 e. The SMILES string of the molecule is CC(O)c1c(F)cccc1C(F)(F)F. The van der Waals surface area contributed by atoms with Crippen molar-refractivity contribution in [2.24, 2.45) is 0 Å². The van der Waals surface area contributed by atoms with Crippen LogP contribution in [0.4, 0.5) is 17.6 Å². The van der Waals surface area contributed by atoms with Crippen LogP contribution in [0.5, 0.6) is 0 Å². The summed E-state index contributed by atoms with van der Waals surface area (Å²) in [6.45, 7) is 1.09. The molecule has 0 radical (unpaired) electrons. The van der Waals surface area contributed by atoms with E-state index >= 15 is 0 Å². The summed E-state index contributed by atoms with van der Waals surface area (Å²) in [4.78, 5) is 0. The van der Waals surface area contributed by atoms with Gasteiger partial charge in [-0.15, -0.1) is 0 Å². The fourth-order valence-corrected chi connectivity index (χ4v) is 1.21. The molecule has 0 saturated heterocycles. The Balaban J connectivity index is 3.36. The molecule has 0 saturated carbocycles. The van der Waals surface area contributed by atoms with Crippen molar-refractivity contribution in [3.63, 3.8) is 0 Å². The largest absolute Gasteiger partial charge is 0.416 e. The highest BCUT2D eigenvalue weighted by molar-refractivity contribution is 5.32. The van der Waals surface area contributed by atoms with Crippen LogP contribution >= 0.6 is 0 Å².